The molecule has 1 heterocycles. The molecule has 0 aromatic heterocycles. The van der Waals surface area contributed by atoms with Crippen LogP contribution in [-0.2, 0) is 5.41 Å². The second kappa shape index (κ2) is 14.1. The number of para-hydroxylation sites is 2. The third kappa shape index (κ3) is 5.85. The van der Waals surface area contributed by atoms with Gasteiger partial charge in [0.2, 0.25) is 0 Å². The van der Waals surface area contributed by atoms with Crippen molar-refractivity contribution in [3.05, 3.63) is 244 Å². The van der Waals surface area contributed by atoms with E-state index < -0.39 is 5.41 Å². The number of ether oxygens (including phenoxy) is 2. The highest BCUT2D eigenvalue weighted by Crippen LogP contribution is 2.56. The van der Waals surface area contributed by atoms with Crippen molar-refractivity contribution < 1.29 is 9.47 Å². The molecular weight excluding hydrogens is 697 g/mol. The van der Waals surface area contributed by atoms with Crippen molar-refractivity contribution in [1.82, 2.24) is 0 Å². The van der Waals surface area contributed by atoms with E-state index in [0.29, 0.717) is 0 Å². The van der Waals surface area contributed by atoms with E-state index in [1.807, 2.05) is 36.4 Å². The van der Waals surface area contributed by atoms with E-state index in [1.54, 1.807) is 7.11 Å². The first kappa shape index (κ1) is 34.2. The van der Waals surface area contributed by atoms with E-state index in [0.717, 1.165) is 62.3 Å². The zero-order chi connectivity index (χ0) is 38.3. The van der Waals surface area contributed by atoms with Crippen LogP contribution >= 0.6 is 0 Å². The molecule has 0 radical (unpaired) electrons. The molecule has 0 spiro atoms. The first-order valence-corrected chi connectivity index (χ1v) is 19.3. The minimum atomic E-state index is -0.502. The van der Waals surface area contributed by atoms with Gasteiger partial charge in [-0.3, -0.25) is 0 Å². The Hall–Kier alpha value is -7.30. The SMILES string of the molecule is COc1ccc(C2(c3ccc(Oc4ccc(/C5=N/c6ccccc6/C(c6ccc(C)cc6)=N\c6ccccc65)cc4)cc3)c3ccccc3-c3ccccc32)cc1. The number of rotatable bonds is 7. The van der Waals surface area contributed by atoms with Crippen molar-refractivity contribution in [2.24, 2.45) is 9.98 Å². The molecule has 10 rings (SSSR count). The molecule has 272 valence electrons. The van der Waals surface area contributed by atoms with E-state index in [1.165, 1.54) is 38.9 Å². The van der Waals surface area contributed by atoms with E-state index in [2.05, 4.69) is 165 Å². The van der Waals surface area contributed by atoms with Crippen LogP contribution in [0.3, 0.4) is 0 Å². The summed E-state index contributed by atoms with van der Waals surface area (Å²) in [7, 11) is 1.71. The molecule has 0 N–H and O–H groups in total. The molecule has 0 amide bonds. The summed E-state index contributed by atoms with van der Waals surface area (Å²) in [5, 5.41) is 0. The minimum Gasteiger partial charge on any atom is -0.497 e. The number of methoxy groups -OCH3 is 1. The van der Waals surface area contributed by atoms with Crippen molar-refractivity contribution in [3.8, 4) is 28.4 Å². The van der Waals surface area contributed by atoms with Gasteiger partial charge in [0.1, 0.15) is 17.2 Å². The minimum absolute atomic E-state index is 0.502. The first-order chi connectivity index (χ1) is 28.1. The predicted molar refractivity (Wildman–Crippen MR) is 231 cm³/mol. The Balaban J connectivity index is 0.990. The Morgan fingerprint density at radius 2 is 0.772 bits per heavy atom. The molecule has 0 bridgehead atoms. The molecule has 0 atom stereocenters. The van der Waals surface area contributed by atoms with Gasteiger partial charge in [-0.1, -0.05) is 139 Å². The third-order valence-corrected chi connectivity index (χ3v) is 11.2. The van der Waals surface area contributed by atoms with Gasteiger partial charge in [-0.05, 0) is 101 Å². The largest absolute Gasteiger partial charge is 0.497 e. The van der Waals surface area contributed by atoms with Gasteiger partial charge in [-0.2, -0.15) is 0 Å². The normalized spacial score (nSPS) is 15.3. The lowest BCUT2D eigenvalue weighted by Crippen LogP contribution is -2.28. The summed E-state index contributed by atoms with van der Waals surface area (Å²) in [5.41, 5.74) is 15.6. The summed E-state index contributed by atoms with van der Waals surface area (Å²) in [6.45, 7) is 2.10. The molecule has 57 heavy (non-hydrogen) atoms. The number of aryl methyl sites for hydroxylation is 1. The topological polar surface area (TPSA) is 43.2 Å². The second-order valence-electron chi connectivity index (χ2n) is 14.5. The molecular formula is C53H38N2O2. The van der Waals surface area contributed by atoms with Crippen LogP contribution in [0.25, 0.3) is 11.1 Å². The highest BCUT2D eigenvalue weighted by atomic mass is 16.5. The molecule has 0 saturated carbocycles. The summed E-state index contributed by atoms with van der Waals surface area (Å²) < 4.78 is 12.1. The van der Waals surface area contributed by atoms with E-state index in [4.69, 9.17) is 19.5 Å². The van der Waals surface area contributed by atoms with Gasteiger partial charge in [-0.15, -0.1) is 0 Å². The van der Waals surface area contributed by atoms with Crippen molar-refractivity contribution in [3.63, 3.8) is 0 Å². The highest BCUT2D eigenvalue weighted by molar-refractivity contribution is 6.22. The molecule has 0 unspecified atom stereocenters. The Labute approximate surface area is 333 Å². The standard InChI is InChI=1S/C53H38N2O2/c1-35-19-21-36(22-20-35)51-45-13-5-9-17-49(45)55-52(46-14-6-10-18-50(46)54-51)37-23-29-41(30-24-37)57-42-33-27-39(28-34-42)53(38-25-31-40(56-2)32-26-38)47-15-7-3-11-43(47)44-12-4-8-16-48(44)53/h3-34H,1-2H3/b51-45?,52-46?,54-50?,54-51-,55-49?,55-52-. The molecule has 0 saturated heterocycles. The fraction of sp³-hybridized carbons (Fsp3) is 0.0566. The van der Waals surface area contributed by atoms with Gasteiger partial charge in [0.15, 0.2) is 0 Å². The molecule has 8 aromatic carbocycles. The van der Waals surface area contributed by atoms with Gasteiger partial charge in [-0.25, -0.2) is 9.98 Å². The average molecular weight is 735 g/mol. The summed E-state index contributed by atoms with van der Waals surface area (Å²) in [6.07, 6.45) is 0. The Kier molecular flexibility index (Phi) is 8.45. The lowest BCUT2D eigenvalue weighted by Gasteiger charge is -2.34. The average Bonchev–Trinajstić information content (AvgIpc) is 3.56. The van der Waals surface area contributed by atoms with Crippen LogP contribution < -0.4 is 9.47 Å². The Bertz CT molecular complexity index is 2790. The van der Waals surface area contributed by atoms with Gasteiger partial charge >= 0.3 is 0 Å². The zero-order valence-corrected chi connectivity index (χ0v) is 31.7. The second-order valence-corrected chi connectivity index (χ2v) is 14.5. The molecule has 1 aliphatic carbocycles. The smallest absolute Gasteiger partial charge is 0.127 e. The van der Waals surface area contributed by atoms with E-state index in [9.17, 15) is 0 Å². The number of benzene rings is 8. The maximum absolute atomic E-state index is 6.51. The predicted octanol–water partition coefficient (Wildman–Crippen LogP) is 12.8. The Morgan fingerprint density at radius 1 is 0.386 bits per heavy atom. The number of hydrogen-bond donors (Lipinski definition) is 0. The van der Waals surface area contributed by atoms with Crippen LogP contribution in [-0.4, -0.2) is 18.5 Å². The maximum Gasteiger partial charge on any atom is 0.127 e. The number of nitrogens with zero attached hydrogens (tertiary/aromatic N) is 2. The first-order valence-electron chi connectivity index (χ1n) is 19.3. The Morgan fingerprint density at radius 3 is 1.25 bits per heavy atom. The van der Waals surface area contributed by atoms with Crippen LogP contribution in [0.2, 0.25) is 0 Å². The van der Waals surface area contributed by atoms with Crippen LogP contribution in [0.5, 0.6) is 17.2 Å². The molecule has 2 aliphatic rings. The van der Waals surface area contributed by atoms with Crippen molar-refractivity contribution >= 4 is 22.8 Å². The monoisotopic (exact) mass is 734 g/mol. The molecule has 4 heteroatoms. The van der Waals surface area contributed by atoms with Gasteiger partial charge < -0.3 is 9.47 Å². The number of aliphatic imine (C=N–C) groups is 2. The molecule has 0 fully saturated rings. The quantitative estimate of drug-likeness (QED) is 0.164. The maximum atomic E-state index is 6.51. The van der Waals surface area contributed by atoms with Crippen LogP contribution in [0.15, 0.2) is 204 Å². The lowest BCUT2D eigenvalue weighted by atomic mass is 9.68. The van der Waals surface area contributed by atoms with Crippen molar-refractivity contribution in [2.45, 2.75) is 12.3 Å². The van der Waals surface area contributed by atoms with Gasteiger partial charge in [0.25, 0.3) is 0 Å². The third-order valence-electron chi connectivity index (χ3n) is 11.2. The fourth-order valence-corrected chi connectivity index (χ4v) is 8.51. The van der Waals surface area contributed by atoms with Gasteiger partial charge in [0.05, 0.1) is 35.3 Å². The molecule has 4 nitrogen and oxygen atoms in total. The summed E-state index contributed by atoms with van der Waals surface area (Å²) in [5.74, 6) is 2.34. The number of fused-ring (bicyclic) bond motifs is 5. The molecule has 1 aliphatic heterocycles. The van der Waals surface area contributed by atoms with E-state index >= 15 is 0 Å². The van der Waals surface area contributed by atoms with Crippen LogP contribution in [0.1, 0.15) is 50.1 Å². The van der Waals surface area contributed by atoms with Crippen molar-refractivity contribution in [1.29, 1.82) is 0 Å². The van der Waals surface area contributed by atoms with Gasteiger partial charge in [0, 0.05) is 22.3 Å². The number of hydrogen-bond acceptors (Lipinski definition) is 4. The van der Waals surface area contributed by atoms with Crippen molar-refractivity contribution in [2.75, 3.05) is 7.11 Å². The van der Waals surface area contributed by atoms with E-state index in [-0.39, 0.29) is 0 Å². The summed E-state index contributed by atoms with van der Waals surface area (Å²) in [6, 6.07) is 67.8. The lowest BCUT2D eigenvalue weighted by molar-refractivity contribution is 0.414. The zero-order valence-electron chi connectivity index (χ0n) is 31.7. The van der Waals surface area contributed by atoms with Crippen LogP contribution in [0, 0.1) is 6.92 Å². The fourth-order valence-electron chi connectivity index (χ4n) is 8.51. The summed E-state index contributed by atoms with van der Waals surface area (Å²) >= 11 is 0. The molecule has 8 aromatic rings. The summed E-state index contributed by atoms with van der Waals surface area (Å²) in [4.78, 5) is 10.6. The highest BCUT2D eigenvalue weighted by Gasteiger charge is 2.45. The van der Waals surface area contributed by atoms with Crippen LogP contribution in [0.4, 0.5) is 11.4 Å².